The third-order valence-corrected chi connectivity index (χ3v) is 10.4. The lowest BCUT2D eigenvalue weighted by molar-refractivity contribution is -0.894. The van der Waals surface area contributed by atoms with Gasteiger partial charge in [0, 0.05) is 5.92 Å². The maximum atomic E-state index is 12.1. The van der Waals surface area contributed by atoms with Gasteiger partial charge in [0.05, 0.1) is 39.0 Å². The van der Waals surface area contributed by atoms with Crippen molar-refractivity contribution >= 4 is 32.6 Å². The zero-order valence-corrected chi connectivity index (χ0v) is 25.1. The lowest BCUT2D eigenvalue weighted by atomic mass is 10.1. The highest BCUT2D eigenvalue weighted by atomic mass is 31.3. The molecule has 0 radical (unpaired) electrons. The lowest BCUT2D eigenvalue weighted by Crippen LogP contribution is -3.11. The highest BCUT2D eigenvalue weighted by Crippen LogP contribution is 2.56. The number of nitrogen functional groups attached to an aromatic ring is 1. The molecule has 3 aliphatic heterocycles. The Kier molecular flexibility index (Phi) is 10.4. The Balaban J connectivity index is 0.000000517. The highest BCUT2D eigenvalue weighted by Gasteiger charge is 2.48. The molecule has 0 amide bonds. The summed E-state index contributed by atoms with van der Waals surface area (Å²) >= 11 is 0. The molecule has 1 saturated carbocycles. The summed E-state index contributed by atoms with van der Waals surface area (Å²) in [4.78, 5) is 34.3. The topological polar surface area (TPSA) is 263 Å². The molecule has 7 N–H and O–H groups in total. The molecule has 18 nitrogen and oxygen atoms in total. The summed E-state index contributed by atoms with van der Waals surface area (Å²) in [6.45, 7) is 8.88. The maximum Gasteiger partial charge on any atom is 0.274 e. The number of nitrogens with zero attached hydrogens (tertiary/aromatic N) is 4. The van der Waals surface area contributed by atoms with Crippen molar-refractivity contribution in [1.29, 1.82) is 0 Å². The number of anilines is 1. The molecule has 1 aliphatic carbocycles. The molecule has 2 fully saturated rings. The number of fused-ring (bicyclic) bond motifs is 7. The Hall–Kier alpha value is -1.63. The van der Waals surface area contributed by atoms with Crippen LogP contribution in [0.4, 0.5) is 5.82 Å². The minimum Gasteiger partial charge on any atom is -0.756 e. The van der Waals surface area contributed by atoms with Crippen molar-refractivity contribution in [3.8, 4) is 0 Å². The summed E-state index contributed by atoms with van der Waals surface area (Å²) in [6, 6.07) is -0.861. The monoisotopic (exact) mass is 640 g/mol. The van der Waals surface area contributed by atoms with Gasteiger partial charge in [0.2, 0.25) is 12.0 Å². The van der Waals surface area contributed by atoms with Crippen LogP contribution in [0.2, 0.25) is 0 Å². The first-order valence-corrected chi connectivity index (χ1v) is 16.5. The van der Waals surface area contributed by atoms with Gasteiger partial charge in [0.1, 0.15) is 36.8 Å². The van der Waals surface area contributed by atoms with Gasteiger partial charge in [-0.1, -0.05) is 4.98 Å². The van der Waals surface area contributed by atoms with Gasteiger partial charge >= 0.3 is 0 Å². The molecule has 2 aromatic heterocycles. The van der Waals surface area contributed by atoms with Crippen LogP contribution >= 0.6 is 15.6 Å². The predicted molar refractivity (Wildman–Crippen MR) is 138 cm³/mol. The molecular weight excluding hydrogens is 602 g/mol. The van der Waals surface area contributed by atoms with Crippen LogP contribution in [0.3, 0.4) is 0 Å². The smallest absolute Gasteiger partial charge is 0.274 e. The summed E-state index contributed by atoms with van der Waals surface area (Å²) in [5.41, 5.74) is 6.56. The number of phosphoric acid groups is 2. The number of hydrogen-bond donors (Lipinski definition) is 6. The van der Waals surface area contributed by atoms with E-state index in [-0.39, 0.29) is 23.4 Å². The number of phosphoric ester groups is 2. The van der Waals surface area contributed by atoms with Gasteiger partial charge in [-0.2, -0.15) is 0 Å². The number of rotatable bonds is 3. The fourth-order valence-electron chi connectivity index (χ4n) is 5.32. The number of nitrogens with one attached hydrogen (secondary N) is 1. The minimum absolute atomic E-state index is 0.0189. The zero-order valence-electron chi connectivity index (χ0n) is 23.3. The Bertz CT molecular complexity index is 1320. The van der Waals surface area contributed by atoms with Crippen LogP contribution < -0.4 is 25.0 Å². The van der Waals surface area contributed by atoms with Crippen LogP contribution in [0.5, 0.6) is 0 Å². The van der Waals surface area contributed by atoms with Crippen molar-refractivity contribution in [3.05, 3.63) is 12.7 Å². The van der Waals surface area contributed by atoms with E-state index >= 15 is 0 Å². The van der Waals surface area contributed by atoms with E-state index in [4.69, 9.17) is 10.5 Å². The van der Waals surface area contributed by atoms with Gasteiger partial charge in [0.15, 0.2) is 11.7 Å². The first-order chi connectivity index (χ1) is 19.7. The van der Waals surface area contributed by atoms with Crippen molar-refractivity contribution in [2.75, 3.05) is 38.6 Å². The molecule has 42 heavy (non-hydrogen) atoms. The summed E-state index contributed by atoms with van der Waals surface area (Å²) < 4.78 is 45.5. The average molecular weight is 641 g/mol. The minimum atomic E-state index is -5.51. The third kappa shape index (κ3) is 6.86. The number of aliphatic hydroxyl groups is 4. The Morgan fingerprint density at radius 3 is 2.21 bits per heavy atom. The molecule has 10 atom stereocenters. The van der Waals surface area contributed by atoms with E-state index in [1.54, 1.807) is 4.90 Å². The lowest BCUT2D eigenvalue weighted by Gasteiger charge is -2.32. The second-order valence-electron chi connectivity index (χ2n) is 10.3. The molecule has 20 heteroatoms. The predicted octanol–water partition coefficient (Wildman–Crippen LogP) is -3.87. The molecular formula is C22H38N6O12P2. The van der Waals surface area contributed by atoms with Crippen molar-refractivity contribution in [1.82, 2.24) is 14.5 Å². The Labute approximate surface area is 241 Å². The van der Waals surface area contributed by atoms with Gasteiger partial charge < -0.3 is 54.6 Å². The number of aliphatic hydroxyl groups excluding tert-OH is 4. The molecule has 0 aromatic carbocycles. The number of ether oxygens (including phenoxy) is 1. The molecule has 6 rings (SSSR count). The quantitative estimate of drug-likeness (QED) is 0.138. The first-order valence-electron chi connectivity index (χ1n) is 13.6. The van der Waals surface area contributed by atoms with E-state index in [1.165, 1.54) is 41.4 Å². The maximum absolute atomic E-state index is 12.1. The van der Waals surface area contributed by atoms with Crippen molar-refractivity contribution in [2.24, 2.45) is 5.92 Å². The fraction of sp³-hybridized carbons (Fsp3) is 0.773. The molecule has 8 bridgehead atoms. The van der Waals surface area contributed by atoms with E-state index < -0.39 is 77.6 Å². The Morgan fingerprint density at radius 1 is 1.00 bits per heavy atom. The van der Waals surface area contributed by atoms with Gasteiger partial charge in [-0.25, -0.2) is 13.9 Å². The summed E-state index contributed by atoms with van der Waals surface area (Å²) in [5.74, 6) is -0.896. The highest BCUT2D eigenvalue weighted by molar-refractivity contribution is 7.59. The van der Waals surface area contributed by atoms with Crippen molar-refractivity contribution < 1.29 is 66.9 Å². The van der Waals surface area contributed by atoms with Gasteiger partial charge in [-0.15, -0.1) is 0 Å². The van der Waals surface area contributed by atoms with E-state index in [1.807, 2.05) is 0 Å². The zero-order chi connectivity index (χ0) is 31.0. The van der Waals surface area contributed by atoms with E-state index in [2.05, 4.69) is 44.1 Å². The molecule has 4 aliphatic rings. The standard InChI is InChI=1S/C16H23N5O12P2.C6H15N/c17-14-9-15-19-5-20(14)7-1-6(10(22)11(7)23)2-30-34(26,27)33-35(28,29)31-3-8-12(24)13(25)16(32-8)21(15)4-18-9;1-4-7(5-2)6-3/h4-8,10-13,16-17,22-25H,1-3H2,(H2,26,27,28,29);4-6H2,1-3H3/t6-,7-,8-,10-,11+,12-,13-,16-;/m1./s1. The third-order valence-electron chi connectivity index (χ3n) is 7.88. The van der Waals surface area contributed by atoms with Gasteiger partial charge in [0.25, 0.3) is 21.5 Å². The van der Waals surface area contributed by atoms with Crippen molar-refractivity contribution in [2.45, 2.75) is 70.0 Å². The molecule has 2 unspecified atom stereocenters. The molecule has 0 spiro atoms. The number of quaternary nitrogens is 1. The summed E-state index contributed by atoms with van der Waals surface area (Å²) in [5, 5.41) is 41.8. The van der Waals surface area contributed by atoms with Crippen LogP contribution in [0.15, 0.2) is 12.7 Å². The average Bonchev–Trinajstić information content (AvgIpc) is 3.57. The van der Waals surface area contributed by atoms with Crippen LogP contribution in [-0.2, 0) is 27.2 Å². The number of nitrogens with two attached hydrogens (primary N) is 1. The molecule has 2 aromatic rings. The van der Waals surface area contributed by atoms with Crippen LogP contribution in [0.1, 0.15) is 39.5 Å². The molecule has 1 saturated heterocycles. The fourth-order valence-corrected chi connectivity index (χ4v) is 7.38. The number of hydrogen-bond acceptors (Lipinski definition) is 15. The molecule has 5 heterocycles. The van der Waals surface area contributed by atoms with Gasteiger partial charge in [-0.05, 0) is 27.2 Å². The SMILES string of the molecule is CC[NH+](CC)CC.Nc1c2ncn3c2nc[n+]1[C@@H]1C[C@H](COP(=O)([O-])OP(=O)([O-])OC[C@H]2O[C@@H]3[C@H](O)[C@@H]2O)[C@@H](O)[C@H]1O. The second kappa shape index (κ2) is 13.2. The van der Waals surface area contributed by atoms with E-state index in [0.717, 1.165) is 0 Å². The van der Waals surface area contributed by atoms with Crippen LogP contribution in [0.25, 0.3) is 11.2 Å². The van der Waals surface area contributed by atoms with Gasteiger partial charge in [-0.3, -0.25) is 13.7 Å². The first kappa shape index (κ1) is 33.3. The largest absolute Gasteiger partial charge is 0.756 e. The van der Waals surface area contributed by atoms with Crippen molar-refractivity contribution in [3.63, 3.8) is 0 Å². The normalized spacial score (nSPS) is 38.9. The second-order valence-corrected chi connectivity index (χ2v) is 13.3. The van der Waals surface area contributed by atoms with E-state index in [0.29, 0.717) is 0 Å². The van der Waals surface area contributed by atoms with Crippen LogP contribution in [-0.4, -0.2) is 98.3 Å². The summed E-state index contributed by atoms with van der Waals surface area (Å²) in [6.07, 6.45) is -6.26. The van der Waals surface area contributed by atoms with Crippen LogP contribution in [0, 0.1) is 5.92 Å². The molecule has 238 valence electrons. The van der Waals surface area contributed by atoms with E-state index in [9.17, 15) is 39.3 Å². The summed E-state index contributed by atoms with van der Waals surface area (Å²) in [7, 11) is -11.0. The number of aromatic nitrogens is 4. The number of imidazole rings is 1. The Morgan fingerprint density at radius 2 is 1.62 bits per heavy atom.